The van der Waals surface area contributed by atoms with Gasteiger partial charge in [-0.15, -0.1) is 0 Å². The van der Waals surface area contributed by atoms with E-state index in [2.05, 4.69) is 32.0 Å². The van der Waals surface area contributed by atoms with Crippen molar-refractivity contribution in [3.8, 4) is 22.3 Å². The molecule has 2 aliphatic rings. The van der Waals surface area contributed by atoms with E-state index in [9.17, 15) is 0 Å². The van der Waals surface area contributed by atoms with Crippen LogP contribution >= 0.6 is 11.6 Å². The van der Waals surface area contributed by atoms with Gasteiger partial charge in [0.2, 0.25) is 5.95 Å². The van der Waals surface area contributed by atoms with Crippen molar-refractivity contribution in [1.29, 1.82) is 0 Å². The zero-order valence-electron chi connectivity index (χ0n) is 16.6. The van der Waals surface area contributed by atoms with Crippen molar-refractivity contribution >= 4 is 34.4 Å². The number of nitrogens with two attached hydrogens (primary N) is 2. The van der Waals surface area contributed by atoms with Gasteiger partial charge in [0.1, 0.15) is 5.82 Å². The number of hydrogen-bond donors (Lipinski definition) is 2. The van der Waals surface area contributed by atoms with Gasteiger partial charge in [-0.05, 0) is 35.6 Å². The molecule has 1 saturated heterocycles. The van der Waals surface area contributed by atoms with Gasteiger partial charge in [-0.1, -0.05) is 29.8 Å². The molecule has 1 unspecified atom stereocenters. The summed E-state index contributed by atoms with van der Waals surface area (Å²) in [6.45, 7) is 1.76. The van der Waals surface area contributed by atoms with E-state index in [1.165, 1.54) is 0 Å². The normalized spacial score (nSPS) is 22.0. The highest BCUT2D eigenvalue weighted by Gasteiger charge is 2.54. The van der Waals surface area contributed by atoms with Crippen LogP contribution < -0.4 is 16.4 Å². The van der Waals surface area contributed by atoms with Crippen LogP contribution in [0, 0.1) is 11.8 Å². The van der Waals surface area contributed by atoms with Crippen molar-refractivity contribution in [2.24, 2.45) is 17.6 Å². The molecule has 7 nitrogen and oxygen atoms in total. The monoisotopic (exact) mass is 429 g/mol. The number of benzene rings is 1. The molecular weight excluding hydrogens is 410 g/mol. The van der Waals surface area contributed by atoms with E-state index in [1.54, 1.807) is 12.4 Å². The minimum Gasteiger partial charge on any atom is -0.368 e. The first-order valence-electron chi connectivity index (χ1n) is 10.2. The van der Waals surface area contributed by atoms with Gasteiger partial charge in [0.05, 0.1) is 0 Å². The van der Waals surface area contributed by atoms with Crippen molar-refractivity contribution < 1.29 is 0 Å². The number of aromatic nitrogens is 4. The Bertz CT molecular complexity index is 1300. The summed E-state index contributed by atoms with van der Waals surface area (Å²) in [7, 11) is 0. The molecule has 1 aromatic carbocycles. The molecule has 0 radical (unpaired) electrons. The standard InChI is InChI=1S/C23H20ClN7/c24-18-5-1-4-14(12-3-2-6-27-8-12)19(18)15-7-13-9-28-23(26)30-21(13)29-22(15)31-10-16-17(11-31)20(16)25/h1-9,16-17,20H,10-11,25H2,(H2,26,28,29,30)/t16-,17+,20?. The summed E-state index contributed by atoms with van der Waals surface area (Å²) in [6.07, 6.45) is 5.31. The molecule has 4 aromatic rings. The van der Waals surface area contributed by atoms with Crippen molar-refractivity contribution in [2.45, 2.75) is 6.04 Å². The third-order valence-corrected chi connectivity index (χ3v) is 6.70. The second-order valence-electron chi connectivity index (χ2n) is 8.21. The second-order valence-corrected chi connectivity index (χ2v) is 8.62. The lowest BCUT2D eigenvalue weighted by Gasteiger charge is -2.25. The molecule has 0 bridgehead atoms. The van der Waals surface area contributed by atoms with Gasteiger partial charge in [0.15, 0.2) is 5.65 Å². The third kappa shape index (κ3) is 3.00. The number of anilines is 2. The van der Waals surface area contributed by atoms with Gasteiger partial charge < -0.3 is 16.4 Å². The Morgan fingerprint density at radius 1 is 1.00 bits per heavy atom. The quantitative estimate of drug-likeness (QED) is 0.514. The second kappa shape index (κ2) is 6.87. The number of fused-ring (bicyclic) bond motifs is 2. The summed E-state index contributed by atoms with van der Waals surface area (Å²) < 4.78 is 0. The molecule has 1 saturated carbocycles. The Hall–Kier alpha value is -3.29. The fourth-order valence-electron chi connectivity index (χ4n) is 4.70. The van der Waals surface area contributed by atoms with E-state index < -0.39 is 0 Å². The average Bonchev–Trinajstić information content (AvgIpc) is 3.18. The molecular formula is C23H20ClN7. The molecule has 1 aliphatic carbocycles. The number of pyridine rings is 2. The van der Waals surface area contributed by atoms with Crippen LogP contribution in [0.3, 0.4) is 0 Å². The predicted octanol–water partition coefficient (Wildman–Crippen LogP) is 3.38. The molecule has 154 valence electrons. The first-order chi connectivity index (χ1) is 15.1. The smallest absolute Gasteiger partial charge is 0.222 e. The first-order valence-corrected chi connectivity index (χ1v) is 10.6. The predicted molar refractivity (Wildman–Crippen MR) is 123 cm³/mol. The molecule has 0 spiro atoms. The van der Waals surface area contributed by atoms with Crippen LogP contribution in [0.2, 0.25) is 5.02 Å². The SMILES string of the molecule is Nc1ncc2cc(-c3c(Cl)cccc3-c3cccnc3)c(N3C[C@@H]4C(N)[C@@H]4C3)nc2n1. The lowest BCUT2D eigenvalue weighted by Crippen LogP contribution is -2.29. The Morgan fingerprint density at radius 2 is 1.84 bits per heavy atom. The van der Waals surface area contributed by atoms with E-state index >= 15 is 0 Å². The maximum atomic E-state index is 6.79. The largest absolute Gasteiger partial charge is 0.368 e. The molecule has 6 rings (SSSR count). The minimum atomic E-state index is 0.207. The molecule has 8 heteroatoms. The fourth-order valence-corrected chi connectivity index (χ4v) is 4.97. The highest BCUT2D eigenvalue weighted by atomic mass is 35.5. The summed E-state index contributed by atoms with van der Waals surface area (Å²) in [6, 6.07) is 12.2. The van der Waals surface area contributed by atoms with Gasteiger partial charge in [-0.3, -0.25) is 4.98 Å². The van der Waals surface area contributed by atoms with Crippen LogP contribution in [-0.2, 0) is 0 Å². The maximum absolute atomic E-state index is 6.79. The molecule has 3 aromatic heterocycles. The first kappa shape index (κ1) is 18.5. The summed E-state index contributed by atoms with van der Waals surface area (Å²) >= 11 is 6.79. The van der Waals surface area contributed by atoms with Crippen molar-refractivity contribution in [3.05, 3.63) is 60.0 Å². The zero-order chi connectivity index (χ0) is 21.1. The number of nitrogens with zero attached hydrogens (tertiary/aromatic N) is 5. The highest BCUT2D eigenvalue weighted by molar-refractivity contribution is 6.34. The fraction of sp³-hybridized carbons (Fsp3) is 0.217. The van der Waals surface area contributed by atoms with Crippen molar-refractivity contribution in [3.63, 3.8) is 0 Å². The van der Waals surface area contributed by atoms with Crippen LogP contribution in [-0.4, -0.2) is 39.1 Å². The van der Waals surface area contributed by atoms with Crippen LogP contribution in [0.4, 0.5) is 11.8 Å². The Morgan fingerprint density at radius 3 is 2.61 bits per heavy atom. The van der Waals surface area contributed by atoms with E-state index in [0.29, 0.717) is 28.5 Å². The van der Waals surface area contributed by atoms with Crippen molar-refractivity contribution in [2.75, 3.05) is 23.7 Å². The third-order valence-electron chi connectivity index (χ3n) is 6.38. The molecule has 0 amide bonds. The van der Waals surface area contributed by atoms with Crippen LogP contribution in [0.5, 0.6) is 0 Å². The van der Waals surface area contributed by atoms with Crippen molar-refractivity contribution in [1.82, 2.24) is 19.9 Å². The molecule has 4 heterocycles. The number of hydrogen-bond acceptors (Lipinski definition) is 7. The number of piperidine rings is 1. The molecule has 4 N–H and O–H groups in total. The summed E-state index contributed by atoms with van der Waals surface area (Å²) in [5.41, 5.74) is 16.4. The molecule has 1 aliphatic heterocycles. The van der Waals surface area contributed by atoms with Gasteiger partial charge in [0.25, 0.3) is 0 Å². The van der Waals surface area contributed by atoms with Crippen LogP contribution in [0.15, 0.2) is 55.0 Å². The van der Waals surface area contributed by atoms with E-state index in [1.807, 2.05) is 30.5 Å². The Balaban J connectivity index is 1.59. The molecule has 31 heavy (non-hydrogen) atoms. The van der Waals surface area contributed by atoms with E-state index in [-0.39, 0.29) is 5.95 Å². The Labute approximate surface area is 184 Å². The lowest BCUT2D eigenvalue weighted by atomic mass is 9.95. The van der Waals surface area contributed by atoms with Gasteiger partial charge >= 0.3 is 0 Å². The summed E-state index contributed by atoms with van der Waals surface area (Å²) in [5, 5.41) is 1.47. The summed E-state index contributed by atoms with van der Waals surface area (Å²) in [4.78, 5) is 20.0. The average molecular weight is 430 g/mol. The highest BCUT2D eigenvalue weighted by Crippen LogP contribution is 2.48. The van der Waals surface area contributed by atoms with Gasteiger partial charge in [0, 0.05) is 64.8 Å². The van der Waals surface area contributed by atoms with E-state index in [0.717, 1.165) is 46.5 Å². The lowest BCUT2D eigenvalue weighted by molar-refractivity contribution is 0.737. The topological polar surface area (TPSA) is 107 Å². The number of halogens is 1. The van der Waals surface area contributed by atoms with Gasteiger partial charge in [-0.2, -0.15) is 4.98 Å². The Kier molecular flexibility index (Phi) is 4.09. The summed E-state index contributed by atoms with van der Waals surface area (Å²) in [5.74, 6) is 2.09. The van der Waals surface area contributed by atoms with Crippen LogP contribution in [0.1, 0.15) is 0 Å². The van der Waals surface area contributed by atoms with Crippen LogP contribution in [0.25, 0.3) is 33.3 Å². The molecule has 3 atom stereocenters. The molecule has 2 fully saturated rings. The maximum Gasteiger partial charge on any atom is 0.222 e. The zero-order valence-corrected chi connectivity index (χ0v) is 17.4. The van der Waals surface area contributed by atoms with Gasteiger partial charge in [-0.25, -0.2) is 9.97 Å². The van der Waals surface area contributed by atoms with E-state index in [4.69, 9.17) is 28.1 Å². The number of nitrogen functional groups attached to an aromatic ring is 1. The minimum absolute atomic E-state index is 0.207. The number of rotatable bonds is 3.